The Morgan fingerprint density at radius 2 is 2.00 bits per heavy atom. The first-order chi connectivity index (χ1) is 6.86. The molecule has 5 heteroatoms. The molecule has 82 valence electrons. The van der Waals surface area contributed by atoms with Crippen molar-refractivity contribution in [3.8, 4) is 0 Å². The minimum absolute atomic E-state index is 0.0925. The summed E-state index contributed by atoms with van der Waals surface area (Å²) in [5, 5.41) is 0. The molecule has 1 atom stereocenters. The number of ether oxygens (including phenoxy) is 4. The summed E-state index contributed by atoms with van der Waals surface area (Å²) in [6.45, 7) is 6.86. The van der Waals surface area contributed by atoms with Crippen LogP contribution < -0.4 is 0 Å². The minimum atomic E-state index is -0.0925. The van der Waals surface area contributed by atoms with Crippen LogP contribution in [0.4, 0.5) is 0 Å². The predicted octanol–water partition coefficient (Wildman–Crippen LogP) is 0.420. The number of hydrogen-bond acceptors (Lipinski definition) is 4. The summed E-state index contributed by atoms with van der Waals surface area (Å²) in [6.07, 6.45) is 1.04. The van der Waals surface area contributed by atoms with Crippen LogP contribution in [0.3, 0.4) is 0 Å². The zero-order valence-corrected chi connectivity index (χ0v) is 9.82. The molecule has 0 aromatic heterocycles. The summed E-state index contributed by atoms with van der Waals surface area (Å²) >= 11 is 0. The molecule has 0 aromatic rings. The normalized spacial score (nSPS) is 20.4. The molecule has 1 heterocycles. The summed E-state index contributed by atoms with van der Waals surface area (Å²) in [4.78, 5) is 0. The summed E-state index contributed by atoms with van der Waals surface area (Å²) < 4.78 is 21.2. The second-order valence-electron chi connectivity index (χ2n) is 2.92. The molecule has 0 saturated carbocycles. The third-order valence-electron chi connectivity index (χ3n) is 1.69. The maximum atomic E-state index is 5.41. The topological polar surface area (TPSA) is 40.2 Å². The van der Waals surface area contributed by atoms with Crippen molar-refractivity contribution in [2.75, 3.05) is 32.7 Å². The van der Waals surface area contributed by atoms with E-state index in [1.54, 1.807) is 0 Å². The molecular formula is C9H18O4Si. The molecule has 0 bridgehead atoms. The van der Waals surface area contributed by atoms with E-state index in [0.717, 1.165) is 6.61 Å². The Hall–Kier alpha value is 0.0569. The highest BCUT2D eigenvalue weighted by molar-refractivity contribution is 6.36. The van der Waals surface area contributed by atoms with Gasteiger partial charge < -0.3 is 18.9 Å². The van der Waals surface area contributed by atoms with E-state index in [2.05, 4.69) is 0 Å². The highest BCUT2D eigenvalue weighted by atomic mass is 28.2. The van der Waals surface area contributed by atoms with Crippen molar-refractivity contribution in [3.63, 3.8) is 0 Å². The molecule has 14 heavy (non-hydrogen) atoms. The average Bonchev–Trinajstić information content (AvgIpc) is 2.96. The van der Waals surface area contributed by atoms with Crippen LogP contribution in [-0.4, -0.2) is 54.2 Å². The third-order valence-corrected chi connectivity index (χ3v) is 2.73. The third kappa shape index (κ3) is 5.72. The van der Waals surface area contributed by atoms with Crippen LogP contribution in [-0.2, 0) is 18.9 Å². The maximum Gasteiger partial charge on any atom is 0.150 e. The van der Waals surface area contributed by atoms with Crippen LogP contribution in [0.1, 0.15) is 13.8 Å². The summed E-state index contributed by atoms with van der Waals surface area (Å²) in [5.41, 5.74) is 0. The second-order valence-corrected chi connectivity index (χ2v) is 4.09. The van der Waals surface area contributed by atoms with E-state index in [4.69, 9.17) is 18.9 Å². The van der Waals surface area contributed by atoms with Crippen LogP contribution in [0.25, 0.3) is 0 Å². The predicted molar refractivity (Wildman–Crippen MR) is 53.4 cm³/mol. The van der Waals surface area contributed by atoms with Crippen molar-refractivity contribution in [1.82, 2.24) is 0 Å². The number of epoxide rings is 1. The van der Waals surface area contributed by atoms with Gasteiger partial charge in [0.1, 0.15) is 21.5 Å². The highest BCUT2D eigenvalue weighted by Crippen LogP contribution is 2.08. The summed E-state index contributed by atoms with van der Waals surface area (Å²) in [5.74, 6) is -0.0925. The summed E-state index contributed by atoms with van der Waals surface area (Å²) in [7, 11) is 0.542. The zero-order chi connectivity index (χ0) is 10.2. The lowest BCUT2D eigenvalue weighted by Gasteiger charge is -2.15. The molecule has 1 saturated heterocycles. The van der Waals surface area contributed by atoms with E-state index < -0.39 is 0 Å². The van der Waals surface area contributed by atoms with E-state index in [-0.39, 0.29) is 5.91 Å². The Labute approximate surface area is 87.7 Å². The molecule has 4 nitrogen and oxygen atoms in total. The summed E-state index contributed by atoms with van der Waals surface area (Å²) in [6, 6.07) is 0. The van der Waals surface area contributed by atoms with Crippen molar-refractivity contribution < 1.29 is 18.9 Å². The lowest BCUT2D eigenvalue weighted by Crippen LogP contribution is -2.28. The molecule has 0 spiro atoms. The van der Waals surface area contributed by atoms with Crippen LogP contribution in [0.5, 0.6) is 0 Å². The van der Waals surface area contributed by atoms with E-state index in [1.165, 1.54) is 0 Å². The quantitative estimate of drug-likeness (QED) is 0.243. The van der Waals surface area contributed by atoms with Gasteiger partial charge in [0, 0.05) is 19.4 Å². The lowest BCUT2D eigenvalue weighted by molar-refractivity contribution is -0.0844. The van der Waals surface area contributed by atoms with E-state index >= 15 is 0 Å². The minimum Gasteiger partial charge on any atom is -0.382 e. The lowest BCUT2D eigenvalue weighted by atomic mass is 10.5. The maximum absolute atomic E-state index is 5.41. The van der Waals surface area contributed by atoms with Gasteiger partial charge in [0.25, 0.3) is 0 Å². The van der Waals surface area contributed by atoms with Gasteiger partial charge in [-0.3, -0.25) is 0 Å². The zero-order valence-electron chi connectivity index (χ0n) is 8.82. The monoisotopic (exact) mass is 218 g/mol. The van der Waals surface area contributed by atoms with Crippen LogP contribution in [0.15, 0.2) is 0 Å². The fourth-order valence-electron chi connectivity index (χ4n) is 0.950. The highest BCUT2D eigenvalue weighted by Gasteiger charge is 2.22. The first-order valence-electron chi connectivity index (χ1n) is 5.02. The fourth-order valence-corrected chi connectivity index (χ4v) is 1.89. The molecule has 1 aliphatic heterocycles. The number of hydrogen-bond donors (Lipinski definition) is 0. The van der Waals surface area contributed by atoms with E-state index in [9.17, 15) is 0 Å². The van der Waals surface area contributed by atoms with E-state index in [0.29, 0.717) is 41.7 Å². The van der Waals surface area contributed by atoms with Crippen molar-refractivity contribution >= 4 is 9.52 Å². The molecule has 0 aliphatic carbocycles. The smallest absolute Gasteiger partial charge is 0.150 e. The van der Waals surface area contributed by atoms with Crippen molar-refractivity contribution in [2.24, 2.45) is 0 Å². The first kappa shape index (κ1) is 12.1. The van der Waals surface area contributed by atoms with Gasteiger partial charge in [0.2, 0.25) is 0 Å². The molecule has 1 aliphatic rings. The molecule has 1 fully saturated rings. The Morgan fingerprint density at radius 1 is 1.36 bits per heavy atom. The molecule has 2 radical (unpaired) electrons. The molecule has 0 N–H and O–H groups in total. The SMILES string of the molecule is CCOC(OCC)[Si]COCC1CO1. The van der Waals surface area contributed by atoms with Gasteiger partial charge in [-0.1, -0.05) is 0 Å². The largest absolute Gasteiger partial charge is 0.382 e. The molecule has 1 unspecified atom stereocenters. The Morgan fingerprint density at radius 3 is 2.50 bits per heavy atom. The van der Waals surface area contributed by atoms with Crippen LogP contribution in [0, 0.1) is 0 Å². The van der Waals surface area contributed by atoms with Gasteiger partial charge in [-0.25, -0.2) is 0 Å². The standard InChI is InChI=1S/C9H18O4Si/c1-3-11-9(12-4-2)14-7-10-5-8-6-13-8/h8-9H,3-7H2,1-2H3. The van der Waals surface area contributed by atoms with Gasteiger partial charge in [0.05, 0.1) is 13.2 Å². The number of rotatable bonds is 9. The van der Waals surface area contributed by atoms with Gasteiger partial charge in [0.15, 0.2) is 0 Å². The Balaban J connectivity index is 1.93. The van der Waals surface area contributed by atoms with Gasteiger partial charge >= 0.3 is 0 Å². The average molecular weight is 218 g/mol. The molecule has 0 amide bonds. The molecule has 0 aromatic carbocycles. The van der Waals surface area contributed by atoms with Crippen molar-refractivity contribution in [2.45, 2.75) is 25.9 Å². The van der Waals surface area contributed by atoms with Crippen molar-refractivity contribution in [3.05, 3.63) is 0 Å². The first-order valence-corrected chi connectivity index (χ1v) is 6.31. The van der Waals surface area contributed by atoms with Gasteiger partial charge in [-0.15, -0.1) is 0 Å². The Kier molecular flexibility index (Phi) is 6.38. The van der Waals surface area contributed by atoms with Crippen LogP contribution in [0.2, 0.25) is 0 Å². The molecule has 1 rings (SSSR count). The van der Waals surface area contributed by atoms with Crippen molar-refractivity contribution in [1.29, 1.82) is 0 Å². The Bertz CT molecular complexity index is 135. The van der Waals surface area contributed by atoms with Gasteiger partial charge in [-0.2, -0.15) is 0 Å². The van der Waals surface area contributed by atoms with Gasteiger partial charge in [-0.05, 0) is 13.8 Å². The second kappa shape index (κ2) is 7.36. The van der Waals surface area contributed by atoms with E-state index in [1.807, 2.05) is 13.8 Å². The van der Waals surface area contributed by atoms with Crippen LogP contribution >= 0.6 is 0 Å². The fraction of sp³-hybridized carbons (Fsp3) is 1.00. The molecular weight excluding hydrogens is 200 g/mol.